The number of ether oxygens (including phenoxy) is 1. The summed E-state index contributed by atoms with van der Waals surface area (Å²) in [5.41, 5.74) is 1.47. The van der Waals surface area contributed by atoms with Gasteiger partial charge in [-0.15, -0.1) is 0 Å². The SMILES string of the molecule is CCNC(CC1(OC)CCC1)c1ccc2ccccc2c1. The summed E-state index contributed by atoms with van der Waals surface area (Å²) < 4.78 is 5.82. The molecule has 1 aliphatic rings. The van der Waals surface area contributed by atoms with Gasteiger partial charge in [-0.3, -0.25) is 0 Å². The van der Waals surface area contributed by atoms with Crippen LogP contribution in [0.4, 0.5) is 0 Å². The molecule has 0 saturated heterocycles. The van der Waals surface area contributed by atoms with Gasteiger partial charge in [-0.25, -0.2) is 0 Å². The molecule has 0 amide bonds. The van der Waals surface area contributed by atoms with Crippen LogP contribution in [0, 0.1) is 0 Å². The van der Waals surface area contributed by atoms with E-state index in [4.69, 9.17) is 4.74 Å². The first-order chi connectivity index (χ1) is 10.3. The topological polar surface area (TPSA) is 21.3 Å². The molecule has 0 aromatic heterocycles. The lowest BCUT2D eigenvalue weighted by atomic mass is 9.74. The van der Waals surface area contributed by atoms with Crippen LogP contribution in [0.5, 0.6) is 0 Å². The van der Waals surface area contributed by atoms with E-state index >= 15 is 0 Å². The van der Waals surface area contributed by atoms with Crippen molar-refractivity contribution in [2.45, 2.75) is 44.2 Å². The zero-order valence-corrected chi connectivity index (χ0v) is 13.1. The molecular formula is C19H25NO. The molecule has 0 spiro atoms. The summed E-state index contributed by atoms with van der Waals surface area (Å²) in [6.45, 7) is 3.16. The summed E-state index contributed by atoms with van der Waals surface area (Å²) in [7, 11) is 1.86. The minimum atomic E-state index is 0.0957. The summed E-state index contributed by atoms with van der Waals surface area (Å²) >= 11 is 0. The van der Waals surface area contributed by atoms with Crippen molar-refractivity contribution in [2.24, 2.45) is 0 Å². The Balaban J connectivity index is 1.87. The molecule has 21 heavy (non-hydrogen) atoms. The van der Waals surface area contributed by atoms with Gasteiger partial charge >= 0.3 is 0 Å². The van der Waals surface area contributed by atoms with Crippen molar-refractivity contribution in [2.75, 3.05) is 13.7 Å². The first-order valence-corrected chi connectivity index (χ1v) is 8.03. The Labute approximate surface area is 127 Å². The predicted octanol–water partition coefficient (Wildman–Crippen LogP) is 4.45. The average Bonchev–Trinajstić information content (AvgIpc) is 2.49. The quantitative estimate of drug-likeness (QED) is 0.845. The predicted molar refractivity (Wildman–Crippen MR) is 88.6 cm³/mol. The Morgan fingerprint density at radius 1 is 1.14 bits per heavy atom. The van der Waals surface area contributed by atoms with E-state index in [2.05, 4.69) is 54.7 Å². The maximum absolute atomic E-state index is 5.82. The third-order valence-electron chi connectivity index (χ3n) is 4.90. The van der Waals surface area contributed by atoms with Gasteiger partial charge in [0.1, 0.15) is 0 Å². The molecule has 2 heteroatoms. The summed E-state index contributed by atoms with van der Waals surface area (Å²) in [5.74, 6) is 0. The molecule has 1 saturated carbocycles. The van der Waals surface area contributed by atoms with Crippen LogP contribution in [0.3, 0.4) is 0 Å². The molecule has 0 aliphatic heterocycles. The highest BCUT2D eigenvalue weighted by Crippen LogP contribution is 2.42. The monoisotopic (exact) mass is 283 g/mol. The maximum atomic E-state index is 5.82. The van der Waals surface area contributed by atoms with Crippen molar-refractivity contribution in [3.63, 3.8) is 0 Å². The molecule has 2 aromatic carbocycles. The highest BCUT2D eigenvalue weighted by Gasteiger charge is 2.39. The van der Waals surface area contributed by atoms with Gasteiger partial charge in [0, 0.05) is 13.2 Å². The lowest BCUT2D eigenvalue weighted by Crippen LogP contribution is -2.42. The number of hydrogen-bond donors (Lipinski definition) is 1. The highest BCUT2D eigenvalue weighted by atomic mass is 16.5. The second-order valence-corrected chi connectivity index (χ2v) is 6.16. The summed E-state index contributed by atoms with van der Waals surface area (Å²) in [6, 6.07) is 15.8. The van der Waals surface area contributed by atoms with Gasteiger partial charge in [-0.05, 0) is 54.6 Å². The number of methoxy groups -OCH3 is 1. The number of nitrogens with one attached hydrogen (secondary N) is 1. The third-order valence-corrected chi connectivity index (χ3v) is 4.90. The average molecular weight is 283 g/mol. The number of benzene rings is 2. The molecule has 1 atom stereocenters. The molecule has 1 fully saturated rings. The molecule has 0 radical (unpaired) electrons. The second-order valence-electron chi connectivity index (χ2n) is 6.16. The van der Waals surface area contributed by atoms with E-state index in [1.165, 1.54) is 35.6 Å². The third kappa shape index (κ3) is 2.97. The zero-order valence-electron chi connectivity index (χ0n) is 13.1. The fraction of sp³-hybridized carbons (Fsp3) is 0.474. The van der Waals surface area contributed by atoms with Gasteiger partial charge in [0.15, 0.2) is 0 Å². The highest BCUT2D eigenvalue weighted by molar-refractivity contribution is 5.83. The van der Waals surface area contributed by atoms with Crippen LogP contribution in [-0.4, -0.2) is 19.3 Å². The van der Waals surface area contributed by atoms with Crippen LogP contribution < -0.4 is 5.32 Å². The largest absolute Gasteiger partial charge is 0.378 e. The van der Waals surface area contributed by atoms with E-state index in [0.29, 0.717) is 6.04 Å². The smallest absolute Gasteiger partial charge is 0.0697 e. The van der Waals surface area contributed by atoms with Crippen LogP contribution in [0.2, 0.25) is 0 Å². The Kier molecular flexibility index (Phi) is 4.27. The molecule has 2 nitrogen and oxygen atoms in total. The lowest BCUT2D eigenvalue weighted by Gasteiger charge is -2.43. The summed E-state index contributed by atoms with van der Waals surface area (Å²) in [6.07, 6.45) is 4.75. The van der Waals surface area contributed by atoms with Crippen LogP contribution in [0.15, 0.2) is 42.5 Å². The number of rotatable bonds is 6. The Bertz CT molecular complexity index is 598. The molecule has 112 valence electrons. The molecule has 3 rings (SSSR count). The van der Waals surface area contributed by atoms with Crippen molar-refractivity contribution in [1.82, 2.24) is 5.32 Å². The Morgan fingerprint density at radius 3 is 2.52 bits per heavy atom. The Hall–Kier alpha value is -1.38. The minimum Gasteiger partial charge on any atom is -0.378 e. The van der Waals surface area contributed by atoms with E-state index < -0.39 is 0 Å². The molecule has 1 unspecified atom stereocenters. The van der Waals surface area contributed by atoms with Crippen LogP contribution >= 0.6 is 0 Å². The molecule has 2 aromatic rings. The van der Waals surface area contributed by atoms with Crippen LogP contribution in [0.25, 0.3) is 10.8 Å². The van der Waals surface area contributed by atoms with Gasteiger partial charge in [0.25, 0.3) is 0 Å². The van der Waals surface area contributed by atoms with Gasteiger partial charge < -0.3 is 10.1 Å². The fourth-order valence-corrected chi connectivity index (χ4v) is 3.41. The van der Waals surface area contributed by atoms with Crippen molar-refractivity contribution >= 4 is 10.8 Å². The second kappa shape index (κ2) is 6.17. The summed E-state index contributed by atoms with van der Waals surface area (Å²) in [4.78, 5) is 0. The fourth-order valence-electron chi connectivity index (χ4n) is 3.41. The zero-order chi connectivity index (χ0) is 14.7. The minimum absolute atomic E-state index is 0.0957. The standard InChI is InChI=1S/C19H25NO/c1-3-20-18(14-19(21-2)11-6-12-19)17-10-9-15-7-4-5-8-16(15)13-17/h4-5,7-10,13,18,20H,3,6,11-12,14H2,1-2H3. The first kappa shape index (κ1) is 14.6. The molecule has 0 bridgehead atoms. The number of fused-ring (bicyclic) bond motifs is 1. The van der Waals surface area contributed by atoms with Crippen LogP contribution in [0.1, 0.15) is 44.2 Å². The summed E-state index contributed by atoms with van der Waals surface area (Å²) in [5, 5.41) is 6.27. The van der Waals surface area contributed by atoms with E-state index in [1.807, 2.05) is 7.11 Å². The van der Waals surface area contributed by atoms with E-state index in [0.717, 1.165) is 13.0 Å². The van der Waals surface area contributed by atoms with Gasteiger partial charge in [-0.2, -0.15) is 0 Å². The number of hydrogen-bond acceptors (Lipinski definition) is 2. The van der Waals surface area contributed by atoms with E-state index in [-0.39, 0.29) is 5.60 Å². The van der Waals surface area contributed by atoms with Gasteiger partial charge in [-0.1, -0.05) is 43.3 Å². The van der Waals surface area contributed by atoms with E-state index in [1.54, 1.807) is 0 Å². The lowest BCUT2D eigenvalue weighted by molar-refractivity contribution is -0.0837. The van der Waals surface area contributed by atoms with Crippen molar-refractivity contribution in [3.05, 3.63) is 48.0 Å². The van der Waals surface area contributed by atoms with Crippen molar-refractivity contribution in [3.8, 4) is 0 Å². The normalized spacial score (nSPS) is 18.4. The van der Waals surface area contributed by atoms with Crippen molar-refractivity contribution < 1.29 is 4.74 Å². The van der Waals surface area contributed by atoms with Crippen LogP contribution in [-0.2, 0) is 4.74 Å². The van der Waals surface area contributed by atoms with Gasteiger partial charge in [0.2, 0.25) is 0 Å². The molecule has 1 N–H and O–H groups in total. The maximum Gasteiger partial charge on any atom is 0.0697 e. The molecular weight excluding hydrogens is 258 g/mol. The molecule has 1 aliphatic carbocycles. The first-order valence-electron chi connectivity index (χ1n) is 8.03. The Morgan fingerprint density at radius 2 is 1.90 bits per heavy atom. The van der Waals surface area contributed by atoms with Crippen molar-refractivity contribution in [1.29, 1.82) is 0 Å². The van der Waals surface area contributed by atoms with E-state index in [9.17, 15) is 0 Å². The van der Waals surface area contributed by atoms with Gasteiger partial charge in [0.05, 0.1) is 5.60 Å². The molecule has 0 heterocycles.